The van der Waals surface area contributed by atoms with Crippen molar-refractivity contribution in [3.63, 3.8) is 0 Å². The highest BCUT2D eigenvalue weighted by Gasteiger charge is 2.32. The Bertz CT molecular complexity index is 612. The van der Waals surface area contributed by atoms with Crippen LogP contribution in [0, 0.1) is 5.92 Å². The third-order valence-electron chi connectivity index (χ3n) is 4.28. The van der Waals surface area contributed by atoms with E-state index in [9.17, 15) is 13.2 Å². The predicted molar refractivity (Wildman–Crippen MR) is 82.8 cm³/mol. The molecule has 0 radical (unpaired) electrons. The molecule has 1 atom stereocenters. The zero-order valence-electron chi connectivity index (χ0n) is 12.8. The van der Waals surface area contributed by atoms with Gasteiger partial charge < -0.3 is 4.90 Å². The highest BCUT2D eigenvalue weighted by molar-refractivity contribution is 7.86. The van der Waals surface area contributed by atoms with Crippen molar-refractivity contribution in [1.82, 2.24) is 14.2 Å². The molecular formula is C14H22N4O3S. The van der Waals surface area contributed by atoms with Crippen LogP contribution in [0.4, 0.5) is 0 Å². The van der Waals surface area contributed by atoms with Crippen LogP contribution in [0.15, 0.2) is 24.5 Å². The van der Waals surface area contributed by atoms with Gasteiger partial charge in [0.05, 0.1) is 6.04 Å². The van der Waals surface area contributed by atoms with Gasteiger partial charge in [-0.3, -0.25) is 9.78 Å². The highest BCUT2D eigenvalue weighted by atomic mass is 32.2. The topological polar surface area (TPSA) is 96.6 Å². The zero-order valence-corrected chi connectivity index (χ0v) is 13.7. The van der Waals surface area contributed by atoms with E-state index in [2.05, 4.69) is 4.98 Å². The van der Waals surface area contributed by atoms with Gasteiger partial charge in [-0.05, 0) is 37.5 Å². The zero-order chi connectivity index (χ0) is 16.3. The van der Waals surface area contributed by atoms with Crippen molar-refractivity contribution in [3.05, 3.63) is 30.1 Å². The Morgan fingerprint density at radius 3 is 2.41 bits per heavy atom. The van der Waals surface area contributed by atoms with Gasteiger partial charge in [-0.1, -0.05) is 0 Å². The summed E-state index contributed by atoms with van der Waals surface area (Å²) in [7, 11) is -1.88. The van der Waals surface area contributed by atoms with Gasteiger partial charge in [0.1, 0.15) is 0 Å². The maximum Gasteiger partial charge on any atom is 0.276 e. The van der Waals surface area contributed by atoms with Gasteiger partial charge in [-0.25, -0.2) is 5.14 Å². The number of hydrogen-bond acceptors (Lipinski definition) is 4. The smallest absolute Gasteiger partial charge is 0.276 e. The van der Waals surface area contributed by atoms with Crippen LogP contribution in [0.2, 0.25) is 0 Å². The summed E-state index contributed by atoms with van der Waals surface area (Å²) in [5, 5.41) is 5.11. The molecule has 7 nitrogen and oxygen atoms in total. The minimum absolute atomic E-state index is 0.0402. The number of amides is 1. The Balaban J connectivity index is 1.98. The summed E-state index contributed by atoms with van der Waals surface area (Å²) in [5.41, 5.74) is 1.02. The second-order valence-corrected chi connectivity index (χ2v) is 7.17. The van der Waals surface area contributed by atoms with Crippen molar-refractivity contribution in [1.29, 1.82) is 0 Å². The minimum Gasteiger partial charge on any atom is -0.339 e. The number of rotatable bonds is 4. The SMILES string of the molecule is CC(c1ccncc1)N(C)C(=O)C1CCN(S(N)(=O)=O)CC1. The van der Waals surface area contributed by atoms with Gasteiger partial charge in [0.25, 0.3) is 10.2 Å². The average molecular weight is 326 g/mol. The largest absolute Gasteiger partial charge is 0.339 e. The number of carbonyl (C=O) groups excluding carboxylic acids is 1. The Hall–Kier alpha value is -1.51. The van der Waals surface area contributed by atoms with E-state index < -0.39 is 10.2 Å². The Morgan fingerprint density at radius 1 is 1.36 bits per heavy atom. The average Bonchev–Trinajstić information content (AvgIpc) is 2.53. The van der Waals surface area contributed by atoms with E-state index in [-0.39, 0.29) is 17.9 Å². The van der Waals surface area contributed by atoms with Gasteiger partial charge >= 0.3 is 0 Å². The first-order valence-electron chi connectivity index (χ1n) is 7.25. The van der Waals surface area contributed by atoms with E-state index in [1.807, 2.05) is 19.1 Å². The van der Waals surface area contributed by atoms with Gasteiger partial charge in [0.15, 0.2) is 0 Å². The second-order valence-electron chi connectivity index (χ2n) is 5.62. The second kappa shape index (κ2) is 6.72. The molecule has 1 aromatic rings. The fraction of sp³-hybridized carbons (Fsp3) is 0.571. The molecule has 0 bridgehead atoms. The standard InChI is InChI=1S/C14H22N4O3S/c1-11(12-3-7-16-8-4-12)17(2)14(19)13-5-9-18(10-6-13)22(15,20)21/h3-4,7-8,11,13H,5-6,9-10H2,1-2H3,(H2,15,20,21). The number of pyridine rings is 1. The molecule has 2 rings (SSSR count). The summed E-state index contributed by atoms with van der Waals surface area (Å²) < 4.78 is 23.8. The quantitative estimate of drug-likeness (QED) is 0.872. The van der Waals surface area contributed by atoms with Crippen molar-refractivity contribution in [2.75, 3.05) is 20.1 Å². The van der Waals surface area contributed by atoms with Crippen LogP contribution in [0.5, 0.6) is 0 Å². The van der Waals surface area contributed by atoms with Crippen LogP contribution >= 0.6 is 0 Å². The summed E-state index contributed by atoms with van der Waals surface area (Å²) in [6, 6.07) is 3.72. The maximum atomic E-state index is 12.6. The fourth-order valence-corrected chi connectivity index (χ4v) is 3.42. The van der Waals surface area contributed by atoms with Crippen molar-refractivity contribution < 1.29 is 13.2 Å². The lowest BCUT2D eigenvalue weighted by Crippen LogP contribution is -2.46. The van der Waals surface area contributed by atoms with Crippen LogP contribution in [0.3, 0.4) is 0 Å². The Labute approximate surface area is 131 Å². The van der Waals surface area contributed by atoms with E-state index in [1.165, 1.54) is 4.31 Å². The molecule has 1 amide bonds. The number of nitrogens with two attached hydrogens (primary N) is 1. The lowest BCUT2D eigenvalue weighted by molar-refractivity contribution is -0.137. The molecule has 1 unspecified atom stereocenters. The summed E-state index contributed by atoms with van der Waals surface area (Å²) in [6.07, 6.45) is 4.41. The summed E-state index contributed by atoms with van der Waals surface area (Å²) in [4.78, 5) is 18.3. The molecule has 0 aromatic carbocycles. The van der Waals surface area contributed by atoms with Crippen molar-refractivity contribution >= 4 is 16.1 Å². The van der Waals surface area contributed by atoms with Crippen molar-refractivity contribution in [2.24, 2.45) is 11.1 Å². The third kappa shape index (κ3) is 3.82. The van der Waals surface area contributed by atoms with Crippen LogP contribution in [0.1, 0.15) is 31.4 Å². The number of hydrogen-bond donors (Lipinski definition) is 1. The molecule has 1 saturated heterocycles. The van der Waals surface area contributed by atoms with Gasteiger partial charge in [-0.2, -0.15) is 12.7 Å². The van der Waals surface area contributed by atoms with E-state index >= 15 is 0 Å². The molecule has 122 valence electrons. The van der Waals surface area contributed by atoms with Crippen molar-refractivity contribution in [2.45, 2.75) is 25.8 Å². The molecule has 1 aromatic heterocycles. The molecule has 22 heavy (non-hydrogen) atoms. The number of aromatic nitrogens is 1. The summed E-state index contributed by atoms with van der Waals surface area (Å²) in [6.45, 7) is 2.56. The van der Waals surface area contributed by atoms with Gasteiger partial charge in [-0.15, -0.1) is 0 Å². The number of piperidine rings is 1. The van der Waals surface area contributed by atoms with Crippen LogP contribution in [-0.4, -0.2) is 48.7 Å². The number of nitrogens with zero attached hydrogens (tertiary/aromatic N) is 3. The van der Waals surface area contributed by atoms with Crippen molar-refractivity contribution in [3.8, 4) is 0 Å². The highest BCUT2D eigenvalue weighted by Crippen LogP contribution is 2.25. The first kappa shape index (κ1) is 16.9. The van der Waals surface area contributed by atoms with E-state index in [1.54, 1.807) is 24.3 Å². The lowest BCUT2D eigenvalue weighted by Gasteiger charge is -2.33. The molecule has 1 aliphatic heterocycles. The van der Waals surface area contributed by atoms with E-state index in [4.69, 9.17) is 5.14 Å². The molecule has 8 heteroatoms. The lowest BCUT2D eigenvalue weighted by atomic mass is 9.95. The van der Waals surface area contributed by atoms with Gasteiger partial charge in [0.2, 0.25) is 5.91 Å². The normalized spacial score (nSPS) is 18.9. The predicted octanol–water partition coefficient (Wildman–Crippen LogP) is 0.517. The minimum atomic E-state index is -3.65. The monoisotopic (exact) mass is 326 g/mol. The molecule has 0 spiro atoms. The molecule has 2 heterocycles. The Kier molecular flexibility index (Phi) is 5.15. The molecule has 2 N–H and O–H groups in total. The van der Waals surface area contributed by atoms with E-state index in [0.717, 1.165) is 5.56 Å². The van der Waals surface area contributed by atoms with Gasteiger partial charge in [0, 0.05) is 38.4 Å². The first-order valence-corrected chi connectivity index (χ1v) is 8.75. The molecule has 0 saturated carbocycles. The molecular weight excluding hydrogens is 304 g/mol. The number of carbonyl (C=O) groups is 1. The maximum absolute atomic E-state index is 12.6. The third-order valence-corrected chi connectivity index (χ3v) is 5.37. The molecule has 0 aliphatic carbocycles. The molecule has 1 aliphatic rings. The van der Waals surface area contributed by atoms with Crippen LogP contribution in [-0.2, 0) is 15.0 Å². The first-order chi connectivity index (χ1) is 10.3. The van der Waals surface area contributed by atoms with Crippen LogP contribution in [0.25, 0.3) is 0 Å². The van der Waals surface area contributed by atoms with E-state index in [0.29, 0.717) is 25.9 Å². The Morgan fingerprint density at radius 2 is 1.91 bits per heavy atom. The van der Waals surface area contributed by atoms with Crippen LogP contribution < -0.4 is 5.14 Å². The fourth-order valence-electron chi connectivity index (χ4n) is 2.70. The summed E-state index contributed by atoms with van der Waals surface area (Å²) in [5.74, 6) is -0.120. The molecule has 1 fully saturated rings. The summed E-state index contributed by atoms with van der Waals surface area (Å²) >= 11 is 0.